The maximum Gasteiger partial charge on any atom is 0.567 e. The van der Waals surface area contributed by atoms with Crippen LogP contribution in [0, 0.1) is 0 Å². The monoisotopic (exact) mass is 232 g/mol. The molecular weight excluding hydrogens is 212 g/mol. The molecule has 0 rings (SSSR count). The van der Waals surface area contributed by atoms with E-state index in [1.807, 2.05) is 20.8 Å². The Labute approximate surface area is 92.6 Å². The van der Waals surface area contributed by atoms with Crippen molar-refractivity contribution in [2.75, 3.05) is 13.2 Å². The maximum absolute atomic E-state index is 11.4. The summed E-state index contributed by atoms with van der Waals surface area (Å²) < 4.78 is 16.2. The molecule has 5 heteroatoms. The van der Waals surface area contributed by atoms with Crippen molar-refractivity contribution in [2.45, 2.75) is 33.7 Å². The van der Waals surface area contributed by atoms with Crippen molar-refractivity contribution in [2.24, 2.45) is 0 Å². The van der Waals surface area contributed by atoms with Crippen LogP contribution in [0.4, 0.5) is 0 Å². The first kappa shape index (κ1) is 14.3. The van der Waals surface area contributed by atoms with E-state index in [1.54, 1.807) is 6.92 Å². The Hall–Kier alpha value is -0.653. The fourth-order valence-corrected chi connectivity index (χ4v) is 3.14. The Kier molecular flexibility index (Phi) is 6.47. The summed E-state index contributed by atoms with van der Waals surface area (Å²) in [6.45, 7) is 11.7. The summed E-state index contributed by atoms with van der Waals surface area (Å²) in [5.41, 5.74) is 0.361. The summed E-state index contributed by atoms with van der Waals surface area (Å²) >= 11 is 0. The Morgan fingerprint density at radius 3 is 1.93 bits per heavy atom. The van der Waals surface area contributed by atoms with Crippen LogP contribution < -0.4 is 0 Å². The van der Waals surface area contributed by atoms with Gasteiger partial charge in [0.1, 0.15) is 0 Å². The molecule has 0 fully saturated rings. The largest absolute Gasteiger partial charge is 0.567 e. The minimum absolute atomic E-state index is 0.361. The lowest BCUT2D eigenvalue weighted by atomic mass is 10.4. The molecule has 0 aromatic carbocycles. The minimum atomic E-state index is -2.81. The number of rotatable bonds is 7. The molecule has 0 amide bonds. The molecule has 88 valence electrons. The van der Waals surface area contributed by atoms with Crippen molar-refractivity contribution >= 4 is 14.8 Å². The van der Waals surface area contributed by atoms with Crippen LogP contribution in [-0.4, -0.2) is 28.0 Å². The first-order valence-corrected chi connectivity index (χ1v) is 7.11. The van der Waals surface area contributed by atoms with E-state index >= 15 is 0 Å². The molecule has 0 aliphatic heterocycles. The normalized spacial score (nSPS) is 11.2. The summed E-state index contributed by atoms with van der Waals surface area (Å²) in [7, 11) is -2.81. The van der Waals surface area contributed by atoms with E-state index in [-0.39, 0.29) is 0 Å². The van der Waals surface area contributed by atoms with Crippen LogP contribution in [-0.2, 0) is 18.1 Å². The average molecular weight is 232 g/mol. The predicted molar refractivity (Wildman–Crippen MR) is 60.4 cm³/mol. The first-order chi connectivity index (χ1) is 7.01. The molecule has 0 aliphatic carbocycles. The van der Waals surface area contributed by atoms with E-state index in [4.69, 9.17) is 13.3 Å². The zero-order chi connectivity index (χ0) is 11.9. The lowest BCUT2D eigenvalue weighted by Crippen LogP contribution is -2.47. The van der Waals surface area contributed by atoms with Crippen LogP contribution in [0.2, 0.25) is 6.04 Å². The average Bonchev–Trinajstić information content (AvgIpc) is 2.18. The second kappa shape index (κ2) is 6.76. The molecular formula is C10H20O4Si. The quantitative estimate of drug-likeness (QED) is 0.498. The summed E-state index contributed by atoms with van der Waals surface area (Å²) in [6.07, 6.45) is 0. The topological polar surface area (TPSA) is 44.8 Å². The predicted octanol–water partition coefficient (Wildman–Crippen LogP) is 2.14. The van der Waals surface area contributed by atoms with Gasteiger partial charge in [0.25, 0.3) is 0 Å². The molecule has 0 N–H and O–H groups in total. The summed E-state index contributed by atoms with van der Waals surface area (Å²) in [4.78, 5) is 11.4. The molecule has 0 bridgehead atoms. The van der Waals surface area contributed by atoms with Gasteiger partial charge in [-0.15, -0.1) is 0 Å². The van der Waals surface area contributed by atoms with Gasteiger partial charge in [0.05, 0.1) is 0 Å². The number of hydrogen-bond donors (Lipinski definition) is 0. The van der Waals surface area contributed by atoms with Crippen LogP contribution >= 0.6 is 0 Å². The Morgan fingerprint density at radius 2 is 1.67 bits per heavy atom. The number of carbonyl (C=O) groups excluding carboxylic acids is 1. The van der Waals surface area contributed by atoms with Gasteiger partial charge in [0.15, 0.2) is 0 Å². The van der Waals surface area contributed by atoms with Gasteiger partial charge in [-0.25, -0.2) is 4.79 Å². The molecule has 0 unspecified atom stereocenters. The van der Waals surface area contributed by atoms with E-state index in [2.05, 4.69) is 6.58 Å². The van der Waals surface area contributed by atoms with Crippen LogP contribution in [0.1, 0.15) is 27.7 Å². The second-order valence-electron chi connectivity index (χ2n) is 3.07. The van der Waals surface area contributed by atoms with E-state index in [0.717, 1.165) is 0 Å². The molecule has 0 saturated heterocycles. The Bertz CT molecular complexity index is 221. The van der Waals surface area contributed by atoms with Crippen LogP contribution in [0.15, 0.2) is 12.2 Å². The highest BCUT2D eigenvalue weighted by Crippen LogP contribution is 2.16. The van der Waals surface area contributed by atoms with E-state index in [9.17, 15) is 4.79 Å². The van der Waals surface area contributed by atoms with Crippen molar-refractivity contribution < 1.29 is 18.1 Å². The summed E-state index contributed by atoms with van der Waals surface area (Å²) in [6, 6.07) is 0.577. The second-order valence-corrected chi connectivity index (χ2v) is 5.93. The highest BCUT2D eigenvalue weighted by molar-refractivity contribution is 6.62. The standard InChI is InChI=1S/C10H20O4Si/c1-6-12-15(8-3,13-7-2)14-10(11)9(4)5/h4,6-8H2,1-3,5H3. The van der Waals surface area contributed by atoms with Crippen molar-refractivity contribution in [1.29, 1.82) is 0 Å². The van der Waals surface area contributed by atoms with E-state index in [1.165, 1.54) is 0 Å². The SMILES string of the molecule is C=C(C)C(=O)O[Si](CC)(OCC)OCC. The van der Waals surface area contributed by atoms with E-state index in [0.29, 0.717) is 24.8 Å². The van der Waals surface area contributed by atoms with Gasteiger partial charge in [-0.2, -0.15) is 0 Å². The molecule has 0 heterocycles. The molecule has 0 saturated carbocycles. The van der Waals surface area contributed by atoms with Crippen LogP contribution in [0.5, 0.6) is 0 Å². The molecule has 0 radical (unpaired) electrons. The van der Waals surface area contributed by atoms with Gasteiger partial charge in [-0.1, -0.05) is 13.5 Å². The van der Waals surface area contributed by atoms with Gasteiger partial charge in [0, 0.05) is 24.8 Å². The summed E-state index contributed by atoms with van der Waals surface area (Å²) in [5.74, 6) is -0.439. The van der Waals surface area contributed by atoms with Gasteiger partial charge in [-0.05, 0) is 20.8 Å². The summed E-state index contributed by atoms with van der Waals surface area (Å²) in [5, 5.41) is 0. The van der Waals surface area contributed by atoms with Crippen molar-refractivity contribution in [1.82, 2.24) is 0 Å². The van der Waals surface area contributed by atoms with Gasteiger partial charge < -0.3 is 13.3 Å². The Balaban J connectivity index is 4.59. The lowest BCUT2D eigenvalue weighted by molar-refractivity contribution is -0.134. The van der Waals surface area contributed by atoms with Gasteiger partial charge in [0.2, 0.25) is 0 Å². The molecule has 0 aromatic heterocycles. The highest BCUT2D eigenvalue weighted by Gasteiger charge is 2.42. The Morgan fingerprint density at radius 1 is 1.20 bits per heavy atom. The van der Waals surface area contributed by atoms with Crippen molar-refractivity contribution in [3.63, 3.8) is 0 Å². The zero-order valence-corrected chi connectivity index (χ0v) is 11.0. The third-order valence-electron chi connectivity index (χ3n) is 1.76. The number of carbonyl (C=O) groups is 1. The van der Waals surface area contributed by atoms with Crippen molar-refractivity contribution in [3.8, 4) is 0 Å². The maximum atomic E-state index is 11.4. The smallest absolute Gasteiger partial charge is 0.470 e. The zero-order valence-electron chi connectivity index (χ0n) is 9.96. The minimum Gasteiger partial charge on any atom is -0.470 e. The molecule has 0 aromatic rings. The van der Waals surface area contributed by atoms with Crippen LogP contribution in [0.25, 0.3) is 0 Å². The third kappa shape index (κ3) is 4.59. The fourth-order valence-electron chi connectivity index (χ4n) is 1.05. The number of hydrogen-bond acceptors (Lipinski definition) is 4. The molecule has 4 nitrogen and oxygen atoms in total. The van der Waals surface area contributed by atoms with E-state index < -0.39 is 14.8 Å². The molecule has 0 aliphatic rings. The highest BCUT2D eigenvalue weighted by atomic mass is 28.4. The molecule has 0 spiro atoms. The lowest BCUT2D eigenvalue weighted by Gasteiger charge is -2.26. The molecule has 15 heavy (non-hydrogen) atoms. The van der Waals surface area contributed by atoms with Gasteiger partial charge in [-0.3, -0.25) is 0 Å². The third-order valence-corrected chi connectivity index (χ3v) is 4.58. The molecule has 0 atom stereocenters. The van der Waals surface area contributed by atoms with Gasteiger partial charge >= 0.3 is 14.8 Å². The van der Waals surface area contributed by atoms with Crippen molar-refractivity contribution in [3.05, 3.63) is 12.2 Å². The van der Waals surface area contributed by atoms with Crippen LogP contribution in [0.3, 0.4) is 0 Å². The fraction of sp³-hybridized carbons (Fsp3) is 0.700. The first-order valence-electron chi connectivity index (χ1n) is 5.18.